The van der Waals surface area contributed by atoms with Crippen molar-refractivity contribution in [1.82, 2.24) is 15.5 Å². The Morgan fingerprint density at radius 1 is 0.920 bits per heavy atom. The molecule has 8 heteroatoms. The molecule has 0 aliphatic heterocycles. The van der Waals surface area contributed by atoms with Crippen LogP contribution >= 0.6 is 23.2 Å². The van der Waals surface area contributed by atoms with Crippen LogP contribution < -0.4 is 10.6 Å². The summed E-state index contributed by atoms with van der Waals surface area (Å²) in [5, 5.41) is 5.25. The van der Waals surface area contributed by atoms with Crippen molar-refractivity contribution in [3.8, 4) is 0 Å². The van der Waals surface area contributed by atoms with Crippen LogP contribution in [0.1, 0.15) is 22.8 Å². The number of aryl methyl sites for hydroxylation is 1. The van der Waals surface area contributed by atoms with Crippen molar-refractivity contribution < 1.29 is 14.4 Å². The molecule has 0 aliphatic rings. The Hall–Kier alpha value is -1.79. The number of halogens is 2. The van der Waals surface area contributed by atoms with Crippen molar-refractivity contribution >= 4 is 40.9 Å². The zero-order chi connectivity index (χ0) is 18.7. The van der Waals surface area contributed by atoms with Gasteiger partial charge < -0.3 is 15.5 Å². The molecule has 25 heavy (non-hydrogen) atoms. The van der Waals surface area contributed by atoms with E-state index in [1.54, 1.807) is 17.0 Å². The number of amides is 3. The summed E-state index contributed by atoms with van der Waals surface area (Å²) < 4.78 is 0. The molecule has 0 saturated heterocycles. The molecule has 0 spiro atoms. The van der Waals surface area contributed by atoms with Gasteiger partial charge in [0, 0.05) is 31.7 Å². The minimum Gasteiger partial charge on any atom is -0.353 e. The number of benzene rings is 1. The van der Waals surface area contributed by atoms with Crippen LogP contribution in [0.5, 0.6) is 0 Å². The van der Waals surface area contributed by atoms with E-state index >= 15 is 0 Å². The van der Waals surface area contributed by atoms with Gasteiger partial charge in [-0.25, -0.2) is 0 Å². The second-order valence-electron chi connectivity index (χ2n) is 5.31. The van der Waals surface area contributed by atoms with Gasteiger partial charge >= 0.3 is 0 Å². The fourth-order valence-corrected chi connectivity index (χ4v) is 2.32. The van der Waals surface area contributed by atoms with Crippen molar-refractivity contribution in [3.05, 3.63) is 35.4 Å². The fourth-order valence-electron chi connectivity index (χ4n) is 2.14. The smallest absolute Gasteiger partial charge is 0.253 e. The normalized spacial score (nSPS) is 10.2. The number of nitrogens with zero attached hydrogens (tertiary/aromatic N) is 1. The van der Waals surface area contributed by atoms with E-state index < -0.39 is 0 Å². The second-order valence-corrected chi connectivity index (χ2v) is 5.84. The first-order valence-corrected chi connectivity index (χ1v) is 9.12. The van der Waals surface area contributed by atoms with E-state index in [4.69, 9.17) is 23.2 Å². The van der Waals surface area contributed by atoms with Crippen molar-refractivity contribution in [2.24, 2.45) is 0 Å². The molecule has 1 aromatic rings. The number of rotatable bonds is 10. The molecule has 0 heterocycles. The van der Waals surface area contributed by atoms with Crippen LogP contribution in [0.4, 0.5) is 0 Å². The largest absolute Gasteiger partial charge is 0.353 e. The molecule has 0 atom stereocenters. The standard InChI is InChI=1S/C17H23Cl2N3O3/c1-2-13-3-5-14(6-4-13)17(25)22(9-7-20-15(23)11-18)10-8-21-16(24)12-19/h3-6H,2,7-12H2,1H3,(H,20,23)(H,21,24). The van der Waals surface area contributed by atoms with Gasteiger partial charge in [-0.1, -0.05) is 19.1 Å². The van der Waals surface area contributed by atoms with E-state index in [0.717, 1.165) is 12.0 Å². The summed E-state index contributed by atoms with van der Waals surface area (Å²) in [5.41, 5.74) is 1.70. The van der Waals surface area contributed by atoms with Gasteiger partial charge in [0.05, 0.1) is 0 Å². The van der Waals surface area contributed by atoms with Gasteiger partial charge in [-0.05, 0) is 24.1 Å². The van der Waals surface area contributed by atoms with E-state index in [0.29, 0.717) is 18.7 Å². The molecule has 0 unspecified atom stereocenters. The Morgan fingerprint density at radius 3 is 1.80 bits per heavy atom. The highest BCUT2D eigenvalue weighted by atomic mass is 35.5. The van der Waals surface area contributed by atoms with E-state index in [1.807, 2.05) is 19.1 Å². The molecule has 3 amide bonds. The van der Waals surface area contributed by atoms with E-state index in [9.17, 15) is 14.4 Å². The third kappa shape index (κ3) is 7.75. The first kappa shape index (κ1) is 21.3. The average Bonchev–Trinajstić information content (AvgIpc) is 2.65. The molecule has 0 saturated carbocycles. The molecule has 0 aromatic heterocycles. The van der Waals surface area contributed by atoms with Crippen LogP contribution in [-0.4, -0.2) is 60.6 Å². The Bertz CT molecular complexity index is 557. The van der Waals surface area contributed by atoms with Crippen LogP contribution in [0, 0.1) is 0 Å². The van der Waals surface area contributed by atoms with Crippen LogP contribution in [0.15, 0.2) is 24.3 Å². The fraction of sp³-hybridized carbons (Fsp3) is 0.471. The van der Waals surface area contributed by atoms with Gasteiger partial charge in [0.15, 0.2) is 0 Å². The highest BCUT2D eigenvalue weighted by Crippen LogP contribution is 2.08. The number of carbonyl (C=O) groups excluding carboxylic acids is 3. The van der Waals surface area contributed by atoms with Gasteiger partial charge in [-0.2, -0.15) is 0 Å². The first-order chi connectivity index (χ1) is 12.0. The van der Waals surface area contributed by atoms with Crippen LogP contribution in [0.3, 0.4) is 0 Å². The monoisotopic (exact) mass is 387 g/mol. The second kappa shape index (κ2) is 11.7. The number of hydrogen-bond acceptors (Lipinski definition) is 3. The lowest BCUT2D eigenvalue weighted by Gasteiger charge is -2.23. The first-order valence-electron chi connectivity index (χ1n) is 8.05. The average molecular weight is 388 g/mol. The molecular formula is C17H23Cl2N3O3. The summed E-state index contributed by atoms with van der Waals surface area (Å²) in [4.78, 5) is 36.7. The van der Waals surface area contributed by atoms with Crippen molar-refractivity contribution in [2.75, 3.05) is 37.9 Å². The highest BCUT2D eigenvalue weighted by molar-refractivity contribution is 6.27. The summed E-state index contributed by atoms with van der Waals surface area (Å²) in [7, 11) is 0. The Kier molecular flexibility index (Phi) is 9.96. The summed E-state index contributed by atoms with van der Waals surface area (Å²) in [6.07, 6.45) is 0.896. The molecule has 1 rings (SSSR count). The van der Waals surface area contributed by atoms with E-state index in [1.165, 1.54) is 0 Å². The van der Waals surface area contributed by atoms with Crippen molar-refractivity contribution in [3.63, 3.8) is 0 Å². The summed E-state index contributed by atoms with van der Waals surface area (Å²) in [5.74, 6) is -1.01. The number of hydrogen-bond donors (Lipinski definition) is 2. The Balaban J connectivity index is 2.70. The SMILES string of the molecule is CCc1ccc(C(=O)N(CCNC(=O)CCl)CCNC(=O)CCl)cc1. The zero-order valence-electron chi connectivity index (χ0n) is 14.2. The molecule has 0 aliphatic carbocycles. The minimum atomic E-state index is -0.295. The number of alkyl halides is 2. The van der Waals surface area contributed by atoms with Gasteiger partial charge in [0.2, 0.25) is 11.8 Å². The highest BCUT2D eigenvalue weighted by Gasteiger charge is 2.16. The zero-order valence-corrected chi connectivity index (χ0v) is 15.7. The van der Waals surface area contributed by atoms with Crippen LogP contribution in [0.25, 0.3) is 0 Å². The van der Waals surface area contributed by atoms with Gasteiger partial charge in [-0.3, -0.25) is 14.4 Å². The molecular weight excluding hydrogens is 365 g/mol. The minimum absolute atomic E-state index is 0.127. The molecule has 1 aromatic carbocycles. The molecule has 0 fully saturated rings. The third-order valence-corrected chi connectivity index (χ3v) is 4.03. The van der Waals surface area contributed by atoms with E-state index in [-0.39, 0.29) is 42.6 Å². The van der Waals surface area contributed by atoms with E-state index in [2.05, 4.69) is 10.6 Å². The van der Waals surface area contributed by atoms with Gasteiger partial charge in [0.25, 0.3) is 5.91 Å². The summed E-state index contributed by atoms with van der Waals surface area (Å²) in [6, 6.07) is 7.39. The van der Waals surface area contributed by atoms with Crippen molar-refractivity contribution in [1.29, 1.82) is 0 Å². The summed E-state index contributed by atoms with van der Waals surface area (Å²) >= 11 is 10.9. The number of nitrogens with one attached hydrogen (secondary N) is 2. The van der Waals surface area contributed by atoms with Gasteiger partial charge in [0.1, 0.15) is 11.8 Å². The maximum absolute atomic E-state index is 12.7. The maximum Gasteiger partial charge on any atom is 0.253 e. The predicted octanol–water partition coefficient (Wildman–Crippen LogP) is 1.40. The molecule has 2 N–H and O–H groups in total. The third-order valence-electron chi connectivity index (χ3n) is 3.55. The van der Waals surface area contributed by atoms with Crippen LogP contribution in [-0.2, 0) is 16.0 Å². The predicted molar refractivity (Wildman–Crippen MR) is 99.2 cm³/mol. The van der Waals surface area contributed by atoms with Gasteiger partial charge in [-0.15, -0.1) is 23.2 Å². The lowest BCUT2D eigenvalue weighted by Crippen LogP contribution is -2.43. The number of carbonyl (C=O) groups is 3. The molecule has 6 nitrogen and oxygen atoms in total. The maximum atomic E-state index is 12.7. The molecule has 0 bridgehead atoms. The van der Waals surface area contributed by atoms with Crippen LogP contribution in [0.2, 0.25) is 0 Å². The Morgan fingerprint density at radius 2 is 1.40 bits per heavy atom. The molecule has 138 valence electrons. The Labute approximate surface area is 157 Å². The quantitative estimate of drug-likeness (QED) is 0.595. The summed E-state index contributed by atoms with van der Waals surface area (Å²) in [6.45, 7) is 3.24. The van der Waals surface area contributed by atoms with Crippen molar-refractivity contribution in [2.45, 2.75) is 13.3 Å². The lowest BCUT2D eigenvalue weighted by molar-refractivity contribution is -0.119. The lowest BCUT2D eigenvalue weighted by atomic mass is 10.1. The topological polar surface area (TPSA) is 78.5 Å². The molecule has 0 radical (unpaired) electrons.